The van der Waals surface area contributed by atoms with Crippen molar-refractivity contribution in [3.8, 4) is 0 Å². The van der Waals surface area contributed by atoms with E-state index in [2.05, 4.69) is 15.2 Å². The van der Waals surface area contributed by atoms with Crippen LogP contribution < -0.4 is 16.0 Å². The van der Waals surface area contributed by atoms with Crippen molar-refractivity contribution in [1.82, 2.24) is 4.98 Å². The smallest absolute Gasteiger partial charge is 0.356 e. The summed E-state index contributed by atoms with van der Waals surface area (Å²) in [5.74, 6) is 0.805. The van der Waals surface area contributed by atoms with Gasteiger partial charge in [0.05, 0.1) is 5.56 Å². The van der Waals surface area contributed by atoms with Gasteiger partial charge < -0.3 is 16.0 Å². The van der Waals surface area contributed by atoms with Gasteiger partial charge in [-0.15, -0.1) is 0 Å². The van der Waals surface area contributed by atoms with Gasteiger partial charge >= 0.3 is 6.18 Å². The van der Waals surface area contributed by atoms with Crippen molar-refractivity contribution in [3.63, 3.8) is 0 Å². The summed E-state index contributed by atoms with van der Waals surface area (Å²) in [5.41, 5.74) is 6.33. The summed E-state index contributed by atoms with van der Waals surface area (Å²) in [5, 5.41) is 3.01. The fraction of sp³-hybridized carbons (Fsp3) is 0.353. The molecule has 128 valence electrons. The highest BCUT2D eigenvalue weighted by molar-refractivity contribution is 5.63. The molecule has 7 heteroatoms. The third-order valence-corrected chi connectivity index (χ3v) is 4.09. The normalized spacial score (nSPS) is 16.2. The van der Waals surface area contributed by atoms with E-state index >= 15 is 0 Å². The molecule has 1 fully saturated rings. The average molecular weight is 336 g/mol. The summed E-state index contributed by atoms with van der Waals surface area (Å²) in [4.78, 5) is 6.49. The molecule has 0 amide bonds. The Morgan fingerprint density at radius 2 is 1.79 bits per heavy atom. The van der Waals surface area contributed by atoms with Crippen LogP contribution in [0.5, 0.6) is 0 Å². The number of piperidine rings is 1. The Morgan fingerprint density at radius 1 is 1.08 bits per heavy atom. The molecule has 3 N–H and O–H groups in total. The van der Waals surface area contributed by atoms with Crippen LogP contribution in [-0.2, 0) is 6.18 Å². The second kappa shape index (κ2) is 6.68. The lowest BCUT2D eigenvalue weighted by molar-refractivity contribution is -0.137. The second-order valence-electron chi connectivity index (χ2n) is 5.93. The van der Waals surface area contributed by atoms with Crippen LogP contribution in [0.3, 0.4) is 0 Å². The first-order valence-electron chi connectivity index (χ1n) is 7.83. The molecule has 24 heavy (non-hydrogen) atoms. The molecule has 1 aromatic carbocycles. The Labute approximate surface area is 138 Å². The molecule has 0 atom stereocenters. The van der Waals surface area contributed by atoms with Crippen LogP contribution in [0.25, 0.3) is 0 Å². The fourth-order valence-electron chi connectivity index (χ4n) is 2.74. The zero-order valence-corrected chi connectivity index (χ0v) is 13.1. The van der Waals surface area contributed by atoms with Crippen molar-refractivity contribution in [3.05, 3.63) is 48.2 Å². The van der Waals surface area contributed by atoms with Gasteiger partial charge in [0.2, 0.25) is 0 Å². The van der Waals surface area contributed by atoms with Crippen LogP contribution in [0.4, 0.5) is 30.4 Å². The number of nitrogens with zero attached hydrogens (tertiary/aromatic N) is 2. The number of pyridine rings is 1. The topological polar surface area (TPSA) is 54.2 Å². The van der Waals surface area contributed by atoms with Gasteiger partial charge in [0.25, 0.3) is 0 Å². The minimum absolute atomic E-state index is 0.229. The lowest BCUT2D eigenvalue weighted by Crippen LogP contribution is -2.40. The van der Waals surface area contributed by atoms with Gasteiger partial charge in [-0.25, -0.2) is 4.98 Å². The first kappa shape index (κ1) is 16.6. The molecule has 0 aliphatic carbocycles. The third kappa shape index (κ3) is 3.97. The molecule has 2 aromatic rings. The standard InChI is InChI=1S/C17H19F3N4/c18-17(19,20)12-2-1-3-14(10-12)23-15-4-7-22-16(11-15)24-8-5-13(21)6-9-24/h1-4,7,10-11,13H,5-6,8-9,21H2,(H,22,23). The van der Waals surface area contributed by atoms with Gasteiger partial charge in [-0.05, 0) is 37.1 Å². The molecule has 4 nitrogen and oxygen atoms in total. The molecule has 2 heterocycles. The predicted molar refractivity (Wildman–Crippen MR) is 88.4 cm³/mol. The Kier molecular flexibility index (Phi) is 4.62. The molecule has 3 rings (SSSR count). The van der Waals surface area contributed by atoms with E-state index in [0.29, 0.717) is 11.4 Å². The predicted octanol–water partition coefficient (Wildman–Crippen LogP) is 3.77. The number of hydrogen-bond acceptors (Lipinski definition) is 4. The monoisotopic (exact) mass is 336 g/mol. The van der Waals surface area contributed by atoms with Gasteiger partial charge in [0.1, 0.15) is 5.82 Å². The average Bonchev–Trinajstić information content (AvgIpc) is 2.55. The van der Waals surface area contributed by atoms with E-state index in [1.54, 1.807) is 18.3 Å². The van der Waals surface area contributed by atoms with E-state index < -0.39 is 11.7 Å². The molecule has 1 aliphatic rings. The van der Waals surface area contributed by atoms with Crippen LogP contribution in [0, 0.1) is 0 Å². The van der Waals surface area contributed by atoms with Crippen molar-refractivity contribution >= 4 is 17.2 Å². The highest BCUT2D eigenvalue weighted by atomic mass is 19.4. The molecule has 0 saturated carbocycles. The number of aromatic nitrogens is 1. The summed E-state index contributed by atoms with van der Waals surface area (Å²) >= 11 is 0. The number of alkyl halides is 3. The van der Waals surface area contributed by atoms with Gasteiger partial charge in [-0.1, -0.05) is 6.07 Å². The van der Waals surface area contributed by atoms with Crippen molar-refractivity contribution < 1.29 is 13.2 Å². The van der Waals surface area contributed by atoms with Crippen molar-refractivity contribution in [1.29, 1.82) is 0 Å². The quantitative estimate of drug-likeness (QED) is 0.896. The third-order valence-electron chi connectivity index (χ3n) is 4.09. The zero-order valence-electron chi connectivity index (χ0n) is 13.1. The van der Waals surface area contributed by atoms with Crippen molar-refractivity contribution in [2.24, 2.45) is 5.73 Å². The zero-order chi connectivity index (χ0) is 17.2. The largest absolute Gasteiger partial charge is 0.416 e. The highest BCUT2D eigenvalue weighted by Gasteiger charge is 2.30. The lowest BCUT2D eigenvalue weighted by atomic mass is 10.1. The Bertz CT molecular complexity index is 694. The molecule has 0 unspecified atom stereocenters. The van der Waals surface area contributed by atoms with Crippen LogP contribution in [0.15, 0.2) is 42.6 Å². The van der Waals surface area contributed by atoms with Crippen LogP contribution in [-0.4, -0.2) is 24.1 Å². The number of hydrogen-bond donors (Lipinski definition) is 2. The maximum atomic E-state index is 12.8. The lowest BCUT2D eigenvalue weighted by Gasteiger charge is -2.31. The molecular weight excluding hydrogens is 317 g/mol. The van der Waals surface area contributed by atoms with Crippen molar-refractivity contribution in [2.45, 2.75) is 25.1 Å². The van der Waals surface area contributed by atoms with E-state index in [1.807, 2.05) is 6.07 Å². The Balaban J connectivity index is 1.75. The van der Waals surface area contributed by atoms with E-state index in [4.69, 9.17) is 5.73 Å². The molecule has 0 radical (unpaired) electrons. The number of halogens is 3. The first-order valence-corrected chi connectivity index (χ1v) is 7.83. The summed E-state index contributed by atoms with van der Waals surface area (Å²) in [6.45, 7) is 1.67. The summed E-state index contributed by atoms with van der Waals surface area (Å²) < 4.78 is 38.4. The molecule has 1 aromatic heterocycles. The van der Waals surface area contributed by atoms with Crippen LogP contribution in [0.1, 0.15) is 18.4 Å². The van der Waals surface area contributed by atoms with E-state index in [0.717, 1.165) is 43.9 Å². The van der Waals surface area contributed by atoms with E-state index in [-0.39, 0.29) is 6.04 Å². The Morgan fingerprint density at radius 3 is 2.50 bits per heavy atom. The SMILES string of the molecule is NC1CCN(c2cc(Nc3cccc(C(F)(F)F)c3)ccn2)CC1. The summed E-state index contributed by atoms with van der Waals surface area (Å²) in [7, 11) is 0. The number of anilines is 3. The minimum atomic E-state index is -4.35. The number of benzene rings is 1. The summed E-state index contributed by atoms with van der Waals surface area (Å²) in [6.07, 6.45) is -0.882. The van der Waals surface area contributed by atoms with Gasteiger partial charge in [0, 0.05) is 42.8 Å². The molecule has 1 saturated heterocycles. The summed E-state index contributed by atoms with van der Waals surface area (Å²) in [6, 6.07) is 8.96. The number of nitrogens with two attached hydrogens (primary N) is 1. The maximum Gasteiger partial charge on any atom is 0.416 e. The fourth-order valence-corrected chi connectivity index (χ4v) is 2.74. The van der Waals surface area contributed by atoms with Crippen LogP contribution in [0.2, 0.25) is 0 Å². The van der Waals surface area contributed by atoms with Crippen LogP contribution >= 0.6 is 0 Å². The second-order valence-corrected chi connectivity index (χ2v) is 5.93. The van der Waals surface area contributed by atoms with Gasteiger partial charge in [-0.3, -0.25) is 0 Å². The molecular formula is C17H19F3N4. The van der Waals surface area contributed by atoms with Gasteiger partial charge in [-0.2, -0.15) is 13.2 Å². The highest BCUT2D eigenvalue weighted by Crippen LogP contribution is 2.31. The molecule has 1 aliphatic heterocycles. The van der Waals surface area contributed by atoms with Gasteiger partial charge in [0.15, 0.2) is 0 Å². The number of nitrogens with one attached hydrogen (secondary N) is 1. The number of rotatable bonds is 3. The maximum absolute atomic E-state index is 12.8. The van der Waals surface area contributed by atoms with E-state index in [1.165, 1.54) is 6.07 Å². The molecule has 0 spiro atoms. The minimum Gasteiger partial charge on any atom is -0.356 e. The first-order chi connectivity index (χ1) is 11.4. The molecule has 0 bridgehead atoms. The van der Waals surface area contributed by atoms with E-state index in [9.17, 15) is 13.2 Å². The Hall–Kier alpha value is -2.28. The van der Waals surface area contributed by atoms with Crippen molar-refractivity contribution in [2.75, 3.05) is 23.3 Å².